The SMILES string of the molecule is COc1ccc(/C=C/C(=O)NCCc2ccc(Cl)cc2)cc1S(=O)(=O)N(C)C. The van der Waals surface area contributed by atoms with E-state index in [-0.39, 0.29) is 16.6 Å². The van der Waals surface area contributed by atoms with Gasteiger partial charge in [0.1, 0.15) is 10.6 Å². The Morgan fingerprint density at radius 2 is 1.86 bits per heavy atom. The number of hydrogen-bond acceptors (Lipinski definition) is 4. The zero-order valence-electron chi connectivity index (χ0n) is 16.0. The van der Waals surface area contributed by atoms with Crippen molar-refractivity contribution in [3.8, 4) is 5.75 Å². The van der Waals surface area contributed by atoms with Gasteiger partial charge in [0.2, 0.25) is 15.9 Å². The molecule has 1 amide bonds. The third-order valence-corrected chi connectivity index (χ3v) is 6.09. The first-order valence-electron chi connectivity index (χ1n) is 8.55. The van der Waals surface area contributed by atoms with Crippen molar-refractivity contribution < 1.29 is 17.9 Å². The molecule has 6 nitrogen and oxygen atoms in total. The van der Waals surface area contributed by atoms with Crippen LogP contribution in [0.15, 0.2) is 53.4 Å². The first-order valence-corrected chi connectivity index (χ1v) is 10.4. The quantitative estimate of drug-likeness (QED) is 0.663. The maximum Gasteiger partial charge on any atom is 0.246 e. The van der Waals surface area contributed by atoms with Gasteiger partial charge >= 0.3 is 0 Å². The zero-order valence-corrected chi connectivity index (χ0v) is 17.5. The number of hydrogen-bond donors (Lipinski definition) is 1. The van der Waals surface area contributed by atoms with Gasteiger partial charge in [-0.05, 0) is 47.9 Å². The second-order valence-corrected chi connectivity index (χ2v) is 8.76. The van der Waals surface area contributed by atoms with Gasteiger partial charge in [0.25, 0.3) is 0 Å². The van der Waals surface area contributed by atoms with E-state index in [1.54, 1.807) is 18.2 Å². The zero-order chi connectivity index (χ0) is 20.7. The minimum atomic E-state index is -3.66. The molecular formula is C20H23ClN2O4S. The molecule has 2 rings (SSSR count). The number of rotatable bonds is 8. The molecule has 0 saturated carbocycles. The molecule has 0 aromatic heterocycles. The number of sulfonamides is 1. The monoisotopic (exact) mass is 422 g/mol. The second kappa shape index (κ2) is 9.73. The van der Waals surface area contributed by atoms with Gasteiger partial charge in [-0.1, -0.05) is 29.8 Å². The Hall–Kier alpha value is -2.35. The lowest BCUT2D eigenvalue weighted by atomic mass is 10.1. The Kier molecular flexibility index (Phi) is 7.62. The van der Waals surface area contributed by atoms with Gasteiger partial charge in [-0.2, -0.15) is 0 Å². The largest absolute Gasteiger partial charge is 0.495 e. The molecule has 150 valence electrons. The van der Waals surface area contributed by atoms with Crippen molar-refractivity contribution in [3.63, 3.8) is 0 Å². The summed E-state index contributed by atoms with van der Waals surface area (Å²) < 4.78 is 31.1. The average molecular weight is 423 g/mol. The predicted octanol–water partition coefficient (Wildman–Crippen LogP) is 2.97. The fraction of sp³-hybridized carbons (Fsp3) is 0.250. The van der Waals surface area contributed by atoms with Crippen LogP contribution in [0.4, 0.5) is 0 Å². The molecule has 2 aromatic rings. The number of amides is 1. The van der Waals surface area contributed by atoms with Crippen molar-refractivity contribution in [2.75, 3.05) is 27.7 Å². The highest BCUT2D eigenvalue weighted by atomic mass is 35.5. The van der Waals surface area contributed by atoms with Gasteiger partial charge in [0.05, 0.1) is 7.11 Å². The van der Waals surface area contributed by atoms with E-state index < -0.39 is 10.0 Å². The average Bonchev–Trinajstić information content (AvgIpc) is 2.67. The molecule has 0 heterocycles. The van der Waals surface area contributed by atoms with Gasteiger partial charge in [-0.25, -0.2) is 12.7 Å². The number of carbonyl (C=O) groups is 1. The summed E-state index contributed by atoms with van der Waals surface area (Å²) >= 11 is 5.84. The minimum Gasteiger partial charge on any atom is -0.495 e. The maximum absolute atomic E-state index is 12.4. The van der Waals surface area contributed by atoms with Crippen molar-refractivity contribution in [3.05, 3.63) is 64.7 Å². The number of ether oxygens (including phenoxy) is 1. The highest BCUT2D eigenvalue weighted by molar-refractivity contribution is 7.89. The van der Waals surface area contributed by atoms with Crippen LogP contribution in [0.25, 0.3) is 6.08 Å². The molecule has 0 unspecified atom stereocenters. The highest BCUT2D eigenvalue weighted by Gasteiger charge is 2.22. The van der Waals surface area contributed by atoms with E-state index in [1.165, 1.54) is 33.3 Å². The van der Waals surface area contributed by atoms with Crippen LogP contribution < -0.4 is 10.1 Å². The molecule has 1 N–H and O–H groups in total. The fourth-order valence-electron chi connectivity index (χ4n) is 2.41. The van der Waals surface area contributed by atoms with Crippen LogP contribution in [-0.2, 0) is 21.2 Å². The molecule has 2 aromatic carbocycles. The lowest BCUT2D eigenvalue weighted by Crippen LogP contribution is -2.23. The predicted molar refractivity (Wildman–Crippen MR) is 111 cm³/mol. The molecule has 0 aliphatic carbocycles. The second-order valence-electron chi connectivity index (χ2n) is 6.20. The fourth-order valence-corrected chi connectivity index (χ4v) is 3.62. The standard InChI is InChI=1S/C20H23ClN2O4S/c1-23(2)28(25,26)19-14-16(6-10-18(19)27-3)7-11-20(24)22-13-12-15-4-8-17(21)9-5-15/h4-11,14H,12-13H2,1-3H3,(H,22,24)/b11-7+. The van der Waals surface area contributed by atoms with Crippen LogP contribution in [0.3, 0.4) is 0 Å². The van der Waals surface area contributed by atoms with Crippen LogP contribution in [0.5, 0.6) is 5.75 Å². The van der Waals surface area contributed by atoms with Gasteiger partial charge in [-0.3, -0.25) is 4.79 Å². The van der Waals surface area contributed by atoms with E-state index in [0.29, 0.717) is 23.6 Å². The van der Waals surface area contributed by atoms with Crippen LogP contribution in [0.2, 0.25) is 5.02 Å². The van der Waals surface area contributed by atoms with E-state index >= 15 is 0 Å². The van der Waals surface area contributed by atoms with E-state index in [1.807, 2.05) is 24.3 Å². The van der Waals surface area contributed by atoms with E-state index in [9.17, 15) is 13.2 Å². The molecule has 28 heavy (non-hydrogen) atoms. The lowest BCUT2D eigenvalue weighted by molar-refractivity contribution is -0.116. The molecule has 0 aliphatic heterocycles. The summed E-state index contributed by atoms with van der Waals surface area (Å²) in [6.07, 6.45) is 3.62. The Balaban J connectivity index is 2.02. The third-order valence-electron chi connectivity index (χ3n) is 4.00. The van der Waals surface area contributed by atoms with Gasteiger partial charge in [0, 0.05) is 31.7 Å². The van der Waals surface area contributed by atoms with Gasteiger partial charge in [0.15, 0.2) is 0 Å². The van der Waals surface area contributed by atoms with E-state index in [4.69, 9.17) is 16.3 Å². The summed E-state index contributed by atoms with van der Waals surface area (Å²) in [5.41, 5.74) is 1.65. The summed E-state index contributed by atoms with van der Waals surface area (Å²) in [5.74, 6) is -0.0138. The number of methoxy groups -OCH3 is 1. The van der Waals surface area contributed by atoms with Gasteiger partial charge < -0.3 is 10.1 Å². The molecule has 8 heteroatoms. The number of nitrogens with zero attached hydrogens (tertiary/aromatic N) is 1. The summed E-state index contributed by atoms with van der Waals surface area (Å²) in [6, 6.07) is 12.2. The Bertz CT molecular complexity index is 955. The summed E-state index contributed by atoms with van der Waals surface area (Å²) in [5, 5.41) is 3.46. The van der Waals surface area contributed by atoms with Crippen molar-refractivity contribution in [1.29, 1.82) is 0 Å². The lowest BCUT2D eigenvalue weighted by Gasteiger charge is -2.15. The molecule has 0 saturated heterocycles. The molecule has 0 bridgehead atoms. The minimum absolute atomic E-state index is 0.0466. The molecule has 0 radical (unpaired) electrons. The number of nitrogens with one attached hydrogen (secondary N) is 1. The first-order chi connectivity index (χ1) is 13.2. The van der Waals surface area contributed by atoms with Gasteiger partial charge in [-0.15, -0.1) is 0 Å². The highest BCUT2D eigenvalue weighted by Crippen LogP contribution is 2.27. The van der Waals surface area contributed by atoms with E-state index in [2.05, 4.69) is 5.32 Å². The summed E-state index contributed by atoms with van der Waals surface area (Å²) in [4.78, 5) is 12.1. The van der Waals surface area contributed by atoms with Crippen molar-refractivity contribution in [1.82, 2.24) is 9.62 Å². The van der Waals surface area contributed by atoms with Crippen molar-refractivity contribution in [2.24, 2.45) is 0 Å². The third kappa shape index (κ3) is 5.82. The van der Waals surface area contributed by atoms with Crippen LogP contribution in [0.1, 0.15) is 11.1 Å². The number of benzene rings is 2. The Morgan fingerprint density at radius 3 is 2.46 bits per heavy atom. The van der Waals surface area contributed by atoms with Crippen LogP contribution in [-0.4, -0.2) is 46.4 Å². The first kappa shape index (κ1) is 21.9. The van der Waals surface area contributed by atoms with Crippen LogP contribution in [0, 0.1) is 0 Å². The van der Waals surface area contributed by atoms with Crippen molar-refractivity contribution in [2.45, 2.75) is 11.3 Å². The van der Waals surface area contributed by atoms with E-state index in [0.717, 1.165) is 9.87 Å². The Labute approximate surface area is 170 Å². The number of halogens is 1. The summed E-state index contributed by atoms with van der Waals surface area (Å²) in [7, 11) is 0.646. The normalized spacial score (nSPS) is 11.8. The smallest absolute Gasteiger partial charge is 0.246 e. The molecule has 0 aliphatic rings. The molecule has 0 atom stereocenters. The molecule has 0 fully saturated rings. The summed E-state index contributed by atoms with van der Waals surface area (Å²) in [6.45, 7) is 0.480. The Morgan fingerprint density at radius 1 is 1.18 bits per heavy atom. The van der Waals surface area contributed by atoms with Crippen molar-refractivity contribution >= 4 is 33.6 Å². The number of carbonyl (C=O) groups excluding carboxylic acids is 1. The van der Waals surface area contributed by atoms with Crippen LogP contribution >= 0.6 is 11.6 Å². The topological polar surface area (TPSA) is 75.7 Å². The molecule has 0 spiro atoms. The molecular weight excluding hydrogens is 400 g/mol. The maximum atomic E-state index is 12.4.